The summed E-state index contributed by atoms with van der Waals surface area (Å²) in [6, 6.07) is 7.72. The van der Waals surface area contributed by atoms with Crippen molar-refractivity contribution in [2.24, 2.45) is 0 Å². The first-order valence-corrected chi connectivity index (χ1v) is 12.7. The third-order valence-electron chi connectivity index (χ3n) is 6.68. The zero-order valence-corrected chi connectivity index (χ0v) is 19.6. The molecule has 32 heavy (non-hydrogen) atoms. The Balaban J connectivity index is 1.59. The molecule has 0 bridgehead atoms. The quantitative estimate of drug-likeness (QED) is 0.648. The van der Waals surface area contributed by atoms with E-state index in [0.29, 0.717) is 50.0 Å². The van der Waals surface area contributed by atoms with E-state index in [0.717, 1.165) is 16.9 Å². The van der Waals surface area contributed by atoms with E-state index in [1.807, 2.05) is 13.0 Å². The monoisotopic (exact) mass is 455 g/mol. The Kier molecular flexibility index (Phi) is 5.27. The molecule has 5 rings (SSSR count). The number of rotatable bonds is 5. The minimum Gasteiger partial charge on any atom is -0.379 e. The number of anilines is 1. The topological polar surface area (TPSA) is 71.9 Å². The summed E-state index contributed by atoms with van der Waals surface area (Å²) in [6.45, 7) is 8.13. The van der Waals surface area contributed by atoms with Crippen molar-refractivity contribution in [3.05, 3.63) is 46.8 Å². The second kappa shape index (κ2) is 7.86. The van der Waals surface area contributed by atoms with Gasteiger partial charge in [0, 0.05) is 48.2 Å². The van der Waals surface area contributed by atoms with Gasteiger partial charge in [-0.1, -0.05) is 0 Å². The standard InChI is InChI=1S/C24H29N3O4S/c1-4-26-23-8-7-20(32(29,30)25-9-11-31-12-10-25)15-21(23)22(24(26)28)14-18-13-16(2)27(17(18)3)19-5-6-19/h7-8,13-15,19H,4-6,9-12H2,1-3H3/b22-14-. The first kappa shape index (κ1) is 21.4. The van der Waals surface area contributed by atoms with Crippen molar-refractivity contribution in [3.63, 3.8) is 0 Å². The summed E-state index contributed by atoms with van der Waals surface area (Å²) >= 11 is 0. The van der Waals surface area contributed by atoms with E-state index in [1.54, 1.807) is 23.1 Å². The average Bonchev–Trinajstić information content (AvgIpc) is 3.53. The summed E-state index contributed by atoms with van der Waals surface area (Å²) < 4.78 is 35.6. The molecule has 0 atom stereocenters. The van der Waals surface area contributed by atoms with E-state index in [4.69, 9.17) is 4.74 Å². The van der Waals surface area contributed by atoms with Crippen LogP contribution < -0.4 is 4.90 Å². The molecule has 2 aromatic rings. The number of hydrogen-bond acceptors (Lipinski definition) is 4. The summed E-state index contributed by atoms with van der Waals surface area (Å²) in [5.74, 6) is -0.0837. The third kappa shape index (κ3) is 3.41. The summed E-state index contributed by atoms with van der Waals surface area (Å²) in [5.41, 5.74) is 5.36. The van der Waals surface area contributed by atoms with Gasteiger partial charge < -0.3 is 14.2 Å². The number of nitrogens with zero attached hydrogens (tertiary/aromatic N) is 3. The lowest BCUT2D eigenvalue weighted by Gasteiger charge is -2.26. The van der Waals surface area contributed by atoms with Gasteiger partial charge in [0.1, 0.15) is 0 Å². The van der Waals surface area contributed by atoms with Gasteiger partial charge >= 0.3 is 0 Å². The number of amides is 1. The highest BCUT2D eigenvalue weighted by Crippen LogP contribution is 2.42. The number of likely N-dealkylation sites (N-methyl/N-ethyl adjacent to an activating group) is 1. The molecule has 170 valence electrons. The molecule has 1 aromatic carbocycles. The maximum Gasteiger partial charge on any atom is 0.258 e. The van der Waals surface area contributed by atoms with Gasteiger partial charge in [-0.3, -0.25) is 4.79 Å². The molecule has 1 amide bonds. The van der Waals surface area contributed by atoms with Crippen LogP contribution >= 0.6 is 0 Å². The van der Waals surface area contributed by atoms with Crippen molar-refractivity contribution in [2.45, 2.75) is 44.6 Å². The highest BCUT2D eigenvalue weighted by molar-refractivity contribution is 7.89. The maximum atomic E-state index is 13.3. The lowest BCUT2D eigenvalue weighted by Crippen LogP contribution is -2.40. The number of aromatic nitrogens is 1. The molecule has 0 spiro atoms. The Bertz CT molecular complexity index is 1220. The van der Waals surface area contributed by atoms with E-state index in [9.17, 15) is 13.2 Å². The molecular weight excluding hydrogens is 426 g/mol. The van der Waals surface area contributed by atoms with Crippen LogP contribution in [0, 0.1) is 13.8 Å². The highest BCUT2D eigenvalue weighted by atomic mass is 32.2. The van der Waals surface area contributed by atoms with Gasteiger partial charge in [0.15, 0.2) is 0 Å². The second-order valence-electron chi connectivity index (χ2n) is 8.73. The van der Waals surface area contributed by atoms with Crippen LogP contribution in [-0.2, 0) is 19.6 Å². The number of hydrogen-bond donors (Lipinski definition) is 0. The molecule has 1 saturated carbocycles. The average molecular weight is 456 g/mol. The normalized spacial score (nSPS) is 20.9. The minimum absolute atomic E-state index is 0.0837. The van der Waals surface area contributed by atoms with Crippen molar-refractivity contribution >= 4 is 33.3 Å². The summed E-state index contributed by atoms with van der Waals surface area (Å²) in [6.07, 6.45) is 4.32. The van der Waals surface area contributed by atoms with E-state index in [2.05, 4.69) is 24.5 Å². The molecule has 0 unspecified atom stereocenters. The van der Waals surface area contributed by atoms with Gasteiger partial charge in [0.05, 0.1) is 23.8 Å². The molecule has 2 fully saturated rings. The van der Waals surface area contributed by atoms with Crippen LogP contribution in [0.25, 0.3) is 11.6 Å². The Morgan fingerprint density at radius 3 is 2.50 bits per heavy atom. The van der Waals surface area contributed by atoms with Crippen LogP contribution in [0.4, 0.5) is 5.69 Å². The van der Waals surface area contributed by atoms with Crippen LogP contribution in [0.5, 0.6) is 0 Å². The number of carbonyl (C=O) groups is 1. The number of carbonyl (C=O) groups excluding carboxylic acids is 1. The van der Waals surface area contributed by atoms with Crippen molar-refractivity contribution in [3.8, 4) is 0 Å². The van der Waals surface area contributed by atoms with Gasteiger partial charge in [-0.25, -0.2) is 8.42 Å². The zero-order valence-electron chi connectivity index (χ0n) is 18.8. The highest BCUT2D eigenvalue weighted by Gasteiger charge is 2.35. The summed E-state index contributed by atoms with van der Waals surface area (Å²) in [5, 5.41) is 0. The van der Waals surface area contributed by atoms with Gasteiger partial charge in [0.2, 0.25) is 10.0 Å². The molecule has 7 nitrogen and oxygen atoms in total. The Morgan fingerprint density at radius 1 is 1.12 bits per heavy atom. The molecule has 2 aliphatic heterocycles. The van der Waals surface area contributed by atoms with Gasteiger partial charge in [-0.2, -0.15) is 4.31 Å². The molecule has 0 N–H and O–H groups in total. The van der Waals surface area contributed by atoms with Crippen LogP contribution in [0.1, 0.15) is 48.3 Å². The van der Waals surface area contributed by atoms with Crippen LogP contribution in [0.3, 0.4) is 0 Å². The van der Waals surface area contributed by atoms with Crippen molar-refractivity contribution < 1.29 is 17.9 Å². The van der Waals surface area contributed by atoms with Crippen molar-refractivity contribution in [1.82, 2.24) is 8.87 Å². The Morgan fingerprint density at radius 2 is 1.84 bits per heavy atom. The summed E-state index contributed by atoms with van der Waals surface area (Å²) in [7, 11) is -3.64. The Labute approximate surface area is 189 Å². The Hall–Kier alpha value is -2.42. The molecule has 3 aliphatic rings. The van der Waals surface area contributed by atoms with Crippen LogP contribution in [0.15, 0.2) is 29.2 Å². The molecule has 8 heteroatoms. The number of benzene rings is 1. The minimum atomic E-state index is -3.64. The predicted molar refractivity (Wildman–Crippen MR) is 124 cm³/mol. The number of ether oxygens (including phenoxy) is 1. The molecule has 1 aromatic heterocycles. The van der Waals surface area contributed by atoms with Gasteiger partial charge in [-0.15, -0.1) is 0 Å². The maximum absolute atomic E-state index is 13.3. The van der Waals surface area contributed by atoms with Crippen LogP contribution in [0.2, 0.25) is 0 Å². The van der Waals surface area contributed by atoms with E-state index < -0.39 is 10.0 Å². The van der Waals surface area contributed by atoms with Crippen molar-refractivity contribution in [2.75, 3.05) is 37.7 Å². The number of aryl methyl sites for hydroxylation is 1. The number of morpholine rings is 1. The predicted octanol–water partition coefficient (Wildman–Crippen LogP) is 3.37. The number of sulfonamides is 1. The SMILES string of the molecule is CCN1C(=O)/C(=C\c2cc(C)n(C3CC3)c2C)c2cc(S(=O)(=O)N3CCOCC3)ccc21. The van der Waals surface area contributed by atoms with E-state index >= 15 is 0 Å². The zero-order chi connectivity index (χ0) is 22.6. The fourth-order valence-electron chi connectivity index (χ4n) is 4.89. The second-order valence-corrected chi connectivity index (χ2v) is 10.7. The van der Waals surface area contributed by atoms with Crippen molar-refractivity contribution in [1.29, 1.82) is 0 Å². The van der Waals surface area contributed by atoms with Crippen LogP contribution in [-0.4, -0.2) is 56.0 Å². The fourth-order valence-corrected chi connectivity index (χ4v) is 6.32. The fraction of sp³-hybridized carbons (Fsp3) is 0.458. The van der Waals surface area contributed by atoms with E-state index in [1.165, 1.54) is 22.8 Å². The molecule has 1 aliphatic carbocycles. The molecule has 0 radical (unpaired) electrons. The summed E-state index contributed by atoms with van der Waals surface area (Å²) in [4.78, 5) is 15.2. The van der Waals surface area contributed by atoms with Gasteiger partial charge in [-0.05, 0) is 69.5 Å². The largest absolute Gasteiger partial charge is 0.379 e. The smallest absolute Gasteiger partial charge is 0.258 e. The first-order chi connectivity index (χ1) is 15.3. The molecule has 3 heterocycles. The molecular formula is C24H29N3O4S. The third-order valence-corrected chi connectivity index (χ3v) is 8.58. The lowest BCUT2D eigenvalue weighted by molar-refractivity contribution is -0.112. The number of fused-ring (bicyclic) bond motifs is 1. The lowest BCUT2D eigenvalue weighted by atomic mass is 10.0. The molecule has 1 saturated heterocycles. The van der Waals surface area contributed by atoms with E-state index in [-0.39, 0.29) is 10.8 Å². The first-order valence-electron chi connectivity index (χ1n) is 11.3. The van der Waals surface area contributed by atoms with Gasteiger partial charge in [0.25, 0.3) is 5.91 Å².